The number of carbonyl (C=O) groups excluding carboxylic acids is 3. The Hall–Kier alpha value is -3.87. The molecule has 3 rings (SSSR count). The third kappa shape index (κ3) is 4.21. The predicted octanol–water partition coefficient (Wildman–Crippen LogP) is 3.80. The number of amides is 4. The van der Waals surface area contributed by atoms with Gasteiger partial charge in [0.15, 0.2) is 11.5 Å². The normalized spacial score (nSPS) is 15.3. The first-order valence-electron chi connectivity index (χ1n) is 9.85. The molecule has 0 spiro atoms. The van der Waals surface area contributed by atoms with Crippen molar-refractivity contribution in [2.45, 2.75) is 27.2 Å². The molecule has 7 nitrogen and oxygen atoms in total. The number of phenols is 1. The number of hydrogen-bond acceptors (Lipinski definition) is 5. The zero-order valence-corrected chi connectivity index (χ0v) is 17.7. The van der Waals surface area contributed by atoms with E-state index >= 15 is 0 Å². The first kappa shape index (κ1) is 21.8. The SMILES string of the molecule is C=CCc1cc(C=C2C(=O)NC(=O)N(c3cccc(C)c3C)C2=O)cc(OCC)c1O. The van der Waals surface area contributed by atoms with E-state index in [1.54, 1.807) is 38.1 Å². The second-order valence-electron chi connectivity index (χ2n) is 7.13. The molecule has 1 fully saturated rings. The second kappa shape index (κ2) is 8.87. The van der Waals surface area contributed by atoms with Gasteiger partial charge in [0, 0.05) is 5.56 Å². The van der Waals surface area contributed by atoms with E-state index in [0.29, 0.717) is 29.8 Å². The fourth-order valence-electron chi connectivity index (χ4n) is 3.37. The highest BCUT2D eigenvalue weighted by molar-refractivity contribution is 6.39. The molecule has 0 atom stereocenters. The van der Waals surface area contributed by atoms with Crippen LogP contribution < -0.4 is 15.0 Å². The number of imide groups is 2. The van der Waals surface area contributed by atoms with E-state index in [0.717, 1.165) is 16.0 Å². The number of nitrogens with one attached hydrogen (secondary N) is 1. The minimum atomic E-state index is -0.797. The van der Waals surface area contributed by atoms with Crippen LogP contribution in [-0.2, 0) is 16.0 Å². The third-order valence-corrected chi connectivity index (χ3v) is 5.07. The number of phenolic OH excluding ortho intramolecular Hbond substituents is 1. The molecule has 7 heteroatoms. The lowest BCUT2D eigenvalue weighted by Crippen LogP contribution is -2.54. The summed E-state index contributed by atoms with van der Waals surface area (Å²) in [5.41, 5.74) is 2.91. The number of rotatable bonds is 6. The number of hydrogen-bond donors (Lipinski definition) is 2. The largest absolute Gasteiger partial charge is 0.504 e. The molecule has 1 heterocycles. The topological polar surface area (TPSA) is 95.9 Å². The highest BCUT2D eigenvalue weighted by atomic mass is 16.5. The lowest BCUT2D eigenvalue weighted by atomic mass is 10.0. The summed E-state index contributed by atoms with van der Waals surface area (Å²) in [6, 6.07) is 7.66. The van der Waals surface area contributed by atoms with Crippen LogP contribution >= 0.6 is 0 Å². The minimum absolute atomic E-state index is 0.0180. The Balaban J connectivity index is 2.10. The van der Waals surface area contributed by atoms with Crippen LogP contribution in [0.2, 0.25) is 0 Å². The van der Waals surface area contributed by atoms with Crippen molar-refractivity contribution >= 4 is 29.6 Å². The molecule has 0 radical (unpaired) electrons. The minimum Gasteiger partial charge on any atom is -0.504 e. The van der Waals surface area contributed by atoms with E-state index in [-0.39, 0.29) is 17.1 Å². The van der Waals surface area contributed by atoms with Gasteiger partial charge in [0.25, 0.3) is 11.8 Å². The van der Waals surface area contributed by atoms with Crippen molar-refractivity contribution in [3.63, 3.8) is 0 Å². The summed E-state index contributed by atoms with van der Waals surface area (Å²) in [7, 11) is 0. The summed E-state index contributed by atoms with van der Waals surface area (Å²) in [6.07, 6.45) is 3.38. The molecule has 1 aliphatic rings. The molecule has 2 aromatic carbocycles. The van der Waals surface area contributed by atoms with E-state index in [1.807, 2.05) is 13.0 Å². The van der Waals surface area contributed by atoms with Crippen molar-refractivity contribution in [1.29, 1.82) is 0 Å². The quantitative estimate of drug-likeness (QED) is 0.421. The summed E-state index contributed by atoms with van der Waals surface area (Å²) in [4.78, 5) is 39.1. The molecule has 0 bridgehead atoms. The summed E-state index contributed by atoms with van der Waals surface area (Å²) < 4.78 is 5.48. The lowest BCUT2D eigenvalue weighted by molar-refractivity contribution is -0.122. The predicted molar refractivity (Wildman–Crippen MR) is 118 cm³/mol. The van der Waals surface area contributed by atoms with Crippen molar-refractivity contribution in [3.8, 4) is 11.5 Å². The summed E-state index contributed by atoms with van der Waals surface area (Å²) >= 11 is 0. The first-order chi connectivity index (χ1) is 14.8. The zero-order chi connectivity index (χ0) is 22.7. The third-order valence-electron chi connectivity index (χ3n) is 5.07. The summed E-state index contributed by atoms with van der Waals surface area (Å²) in [5.74, 6) is -1.29. The Kier molecular flexibility index (Phi) is 6.25. The molecule has 0 saturated carbocycles. The van der Waals surface area contributed by atoms with Gasteiger partial charge in [-0.3, -0.25) is 14.9 Å². The number of ether oxygens (including phenoxy) is 1. The van der Waals surface area contributed by atoms with E-state index in [4.69, 9.17) is 4.74 Å². The number of nitrogens with zero attached hydrogens (tertiary/aromatic N) is 1. The van der Waals surface area contributed by atoms with Crippen molar-refractivity contribution in [2.75, 3.05) is 11.5 Å². The average molecular weight is 420 g/mol. The van der Waals surface area contributed by atoms with Gasteiger partial charge in [-0.1, -0.05) is 18.2 Å². The van der Waals surface area contributed by atoms with Gasteiger partial charge in [0.05, 0.1) is 12.3 Å². The number of barbiturate groups is 1. The van der Waals surface area contributed by atoms with E-state index < -0.39 is 17.8 Å². The standard InChI is InChI=1S/C24H24N2O5/c1-5-8-17-11-16(13-20(21(17)27)31-6-2)12-18-22(28)25-24(30)26(23(18)29)19-10-7-9-14(3)15(19)4/h5,7,9-13,27H,1,6,8H2,2-4H3,(H,25,28,30). The fourth-order valence-corrected chi connectivity index (χ4v) is 3.37. The highest BCUT2D eigenvalue weighted by Gasteiger charge is 2.37. The van der Waals surface area contributed by atoms with Crippen LogP contribution in [0.15, 0.2) is 48.6 Å². The number of aryl methyl sites for hydroxylation is 1. The van der Waals surface area contributed by atoms with Crippen LogP contribution in [0.5, 0.6) is 11.5 Å². The monoisotopic (exact) mass is 420 g/mol. The zero-order valence-electron chi connectivity index (χ0n) is 17.7. The van der Waals surface area contributed by atoms with Crippen LogP contribution in [0.4, 0.5) is 10.5 Å². The Morgan fingerprint density at radius 1 is 1.19 bits per heavy atom. The molecule has 0 aromatic heterocycles. The Bertz CT molecular complexity index is 1120. The molecule has 2 N–H and O–H groups in total. The number of benzene rings is 2. The van der Waals surface area contributed by atoms with E-state index in [2.05, 4.69) is 11.9 Å². The van der Waals surface area contributed by atoms with Gasteiger partial charge in [0.1, 0.15) is 5.57 Å². The molecular formula is C24H24N2O5. The molecule has 160 valence electrons. The number of carbonyl (C=O) groups is 3. The molecule has 1 saturated heterocycles. The molecule has 4 amide bonds. The van der Waals surface area contributed by atoms with Gasteiger partial charge < -0.3 is 9.84 Å². The smallest absolute Gasteiger partial charge is 0.335 e. The molecular weight excluding hydrogens is 396 g/mol. The van der Waals surface area contributed by atoms with Gasteiger partial charge in [-0.2, -0.15) is 0 Å². The molecule has 2 aromatic rings. The maximum Gasteiger partial charge on any atom is 0.335 e. The van der Waals surface area contributed by atoms with Crippen LogP contribution in [0.25, 0.3) is 6.08 Å². The number of urea groups is 1. The van der Waals surface area contributed by atoms with Crippen molar-refractivity contribution in [1.82, 2.24) is 5.32 Å². The first-order valence-corrected chi connectivity index (χ1v) is 9.85. The fraction of sp³-hybridized carbons (Fsp3) is 0.208. The van der Waals surface area contributed by atoms with Gasteiger partial charge in [-0.25, -0.2) is 9.69 Å². The van der Waals surface area contributed by atoms with Crippen LogP contribution in [0.1, 0.15) is 29.2 Å². The van der Waals surface area contributed by atoms with Gasteiger partial charge in [-0.15, -0.1) is 6.58 Å². The Labute approximate surface area is 180 Å². The maximum atomic E-state index is 13.2. The van der Waals surface area contributed by atoms with Crippen molar-refractivity contribution in [3.05, 3.63) is 70.8 Å². The van der Waals surface area contributed by atoms with E-state index in [1.165, 1.54) is 12.1 Å². The van der Waals surface area contributed by atoms with Gasteiger partial charge in [0.2, 0.25) is 0 Å². The summed E-state index contributed by atoms with van der Waals surface area (Å²) in [5, 5.41) is 12.6. The number of aromatic hydroxyl groups is 1. The maximum absolute atomic E-state index is 13.2. The van der Waals surface area contributed by atoms with Crippen LogP contribution in [-0.4, -0.2) is 29.6 Å². The Morgan fingerprint density at radius 3 is 2.61 bits per heavy atom. The van der Waals surface area contributed by atoms with Crippen molar-refractivity contribution < 1.29 is 24.2 Å². The Morgan fingerprint density at radius 2 is 1.94 bits per heavy atom. The van der Waals surface area contributed by atoms with Gasteiger partial charge >= 0.3 is 6.03 Å². The molecule has 1 aliphatic heterocycles. The summed E-state index contributed by atoms with van der Waals surface area (Å²) in [6.45, 7) is 9.47. The number of allylic oxidation sites excluding steroid dienone is 1. The van der Waals surface area contributed by atoms with E-state index in [9.17, 15) is 19.5 Å². The molecule has 31 heavy (non-hydrogen) atoms. The van der Waals surface area contributed by atoms with Crippen LogP contribution in [0, 0.1) is 13.8 Å². The van der Waals surface area contributed by atoms with Crippen molar-refractivity contribution in [2.24, 2.45) is 0 Å². The average Bonchev–Trinajstić information content (AvgIpc) is 2.72. The second-order valence-corrected chi connectivity index (χ2v) is 7.13. The number of anilines is 1. The molecule has 0 unspecified atom stereocenters. The molecule has 0 aliphatic carbocycles. The lowest BCUT2D eigenvalue weighted by Gasteiger charge is -2.28. The van der Waals surface area contributed by atoms with Gasteiger partial charge in [-0.05, 0) is 68.2 Å². The highest BCUT2D eigenvalue weighted by Crippen LogP contribution is 2.34. The van der Waals surface area contributed by atoms with Crippen LogP contribution in [0.3, 0.4) is 0 Å².